The molecule has 0 amide bonds. The first-order valence-electron chi connectivity index (χ1n) is 8.05. The van der Waals surface area contributed by atoms with Crippen molar-refractivity contribution in [3.63, 3.8) is 0 Å². The summed E-state index contributed by atoms with van der Waals surface area (Å²) in [5.41, 5.74) is 0. The molecule has 3 nitrogen and oxygen atoms in total. The molecule has 0 N–H and O–H groups in total. The third-order valence-electron chi connectivity index (χ3n) is 3.12. The van der Waals surface area contributed by atoms with Gasteiger partial charge in [-0.25, -0.2) is 0 Å². The Kier molecular flexibility index (Phi) is 12.5. The average molecular weight is 304 g/mol. The maximum atomic E-state index is 12.1. The van der Waals surface area contributed by atoms with E-state index < -0.39 is 7.60 Å². The molecule has 0 fully saturated rings. The summed E-state index contributed by atoms with van der Waals surface area (Å²) in [6.45, 7) is 5.96. The molecule has 0 saturated heterocycles. The van der Waals surface area contributed by atoms with Crippen molar-refractivity contribution in [3.8, 4) is 0 Å². The standard InChI is InChI=1S/C16H33O3P/c1-5-6-7-8-9-10-11-12-13-14-15-20(17,18-4)19-16(2)3/h14-16H,5-13H2,1-4H3/b15-14+. The first-order chi connectivity index (χ1) is 9.54. The summed E-state index contributed by atoms with van der Waals surface area (Å²) in [4.78, 5) is 0. The van der Waals surface area contributed by atoms with Crippen LogP contribution in [-0.4, -0.2) is 13.2 Å². The van der Waals surface area contributed by atoms with E-state index in [4.69, 9.17) is 9.05 Å². The maximum Gasteiger partial charge on any atom is 0.353 e. The lowest BCUT2D eigenvalue weighted by atomic mass is 10.1. The van der Waals surface area contributed by atoms with Crippen LogP contribution in [0, 0.1) is 0 Å². The van der Waals surface area contributed by atoms with Crippen molar-refractivity contribution in [2.75, 3.05) is 7.11 Å². The predicted molar refractivity (Wildman–Crippen MR) is 87.2 cm³/mol. The first-order valence-corrected chi connectivity index (χ1v) is 9.67. The molecule has 0 aliphatic heterocycles. The van der Waals surface area contributed by atoms with Crippen molar-refractivity contribution in [2.45, 2.75) is 84.7 Å². The summed E-state index contributed by atoms with van der Waals surface area (Å²) >= 11 is 0. The molecule has 0 radical (unpaired) electrons. The molecule has 20 heavy (non-hydrogen) atoms. The Morgan fingerprint density at radius 2 is 1.55 bits per heavy atom. The highest BCUT2D eigenvalue weighted by molar-refractivity contribution is 7.57. The number of hydrogen-bond donors (Lipinski definition) is 0. The van der Waals surface area contributed by atoms with E-state index in [9.17, 15) is 4.57 Å². The topological polar surface area (TPSA) is 35.5 Å². The van der Waals surface area contributed by atoms with Crippen LogP contribution in [0.4, 0.5) is 0 Å². The molecule has 0 aromatic rings. The van der Waals surface area contributed by atoms with Gasteiger partial charge in [0, 0.05) is 12.9 Å². The smallest absolute Gasteiger partial charge is 0.309 e. The fourth-order valence-electron chi connectivity index (χ4n) is 2.03. The Labute approximate surface area is 125 Å². The average Bonchev–Trinajstić information content (AvgIpc) is 2.40. The Balaban J connectivity index is 3.62. The van der Waals surface area contributed by atoms with Crippen LogP contribution in [0.1, 0.15) is 78.6 Å². The first kappa shape index (κ1) is 19.9. The Morgan fingerprint density at radius 3 is 2.05 bits per heavy atom. The second-order valence-electron chi connectivity index (χ2n) is 5.52. The molecular weight excluding hydrogens is 271 g/mol. The molecule has 1 atom stereocenters. The van der Waals surface area contributed by atoms with E-state index >= 15 is 0 Å². The van der Waals surface area contributed by atoms with Gasteiger partial charge in [-0.15, -0.1) is 0 Å². The second-order valence-corrected chi connectivity index (χ2v) is 7.48. The molecule has 0 rings (SSSR count). The van der Waals surface area contributed by atoms with E-state index in [0.29, 0.717) is 0 Å². The fourth-order valence-corrected chi connectivity index (χ4v) is 3.31. The molecule has 0 aromatic carbocycles. The van der Waals surface area contributed by atoms with E-state index in [2.05, 4.69) is 6.92 Å². The summed E-state index contributed by atoms with van der Waals surface area (Å²) < 4.78 is 22.4. The highest BCUT2D eigenvalue weighted by Gasteiger charge is 2.19. The van der Waals surface area contributed by atoms with E-state index in [-0.39, 0.29) is 6.10 Å². The minimum absolute atomic E-state index is 0.0893. The zero-order valence-electron chi connectivity index (χ0n) is 13.8. The molecule has 1 unspecified atom stereocenters. The Morgan fingerprint density at radius 1 is 1.00 bits per heavy atom. The Bertz CT molecular complexity index is 287. The van der Waals surface area contributed by atoms with Gasteiger partial charge in [0.15, 0.2) is 0 Å². The highest BCUT2D eigenvalue weighted by Crippen LogP contribution is 2.50. The lowest BCUT2D eigenvalue weighted by Gasteiger charge is -2.14. The van der Waals surface area contributed by atoms with Crippen LogP contribution in [0.5, 0.6) is 0 Å². The van der Waals surface area contributed by atoms with Gasteiger partial charge >= 0.3 is 7.60 Å². The third-order valence-corrected chi connectivity index (χ3v) is 4.92. The lowest BCUT2D eigenvalue weighted by Crippen LogP contribution is -2.00. The van der Waals surface area contributed by atoms with Crippen LogP contribution in [0.3, 0.4) is 0 Å². The highest BCUT2D eigenvalue weighted by atomic mass is 31.2. The minimum atomic E-state index is -3.01. The molecule has 4 heteroatoms. The minimum Gasteiger partial charge on any atom is -0.309 e. The molecule has 0 aliphatic carbocycles. The zero-order chi connectivity index (χ0) is 15.3. The molecular formula is C16H33O3P. The molecule has 0 aromatic heterocycles. The Hall–Kier alpha value is -0.110. The lowest BCUT2D eigenvalue weighted by molar-refractivity contribution is 0.195. The maximum absolute atomic E-state index is 12.1. The van der Waals surface area contributed by atoms with Crippen molar-refractivity contribution >= 4 is 7.60 Å². The summed E-state index contributed by atoms with van der Waals surface area (Å²) in [5, 5.41) is 0. The van der Waals surface area contributed by atoms with Crippen LogP contribution in [0.15, 0.2) is 11.9 Å². The van der Waals surface area contributed by atoms with Crippen LogP contribution >= 0.6 is 7.60 Å². The van der Waals surface area contributed by atoms with E-state index in [1.165, 1.54) is 52.1 Å². The van der Waals surface area contributed by atoms with Gasteiger partial charge in [-0.3, -0.25) is 4.57 Å². The monoisotopic (exact) mass is 304 g/mol. The van der Waals surface area contributed by atoms with Crippen molar-refractivity contribution in [1.29, 1.82) is 0 Å². The third kappa shape index (κ3) is 11.7. The van der Waals surface area contributed by atoms with Crippen molar-refractivity contribution in [1.82, 2.24) is 0 Å². The van der Waals surface area contributed by atoms with E-state index in [1.54, 1.807) is 5.82 Å². The number of hydrogen-bond acceptors (Lipinski definition) is 3. The van der Waals surface area contributed by atoms with Crippen LogP contribution in [0.25, 0.3) is 0 Å². The van der Waals surface area contributed by atoms with Crippen molar-refractivity contribution < 1.29 is 13.6 Å². The normalized spacial score (nSPS) is 15.1. The van der Waals surface area contributed by atoms with Crippen molar-refractivity contribution in [2.24, 2.45) is 0 Å². The molecule has 0 saturated carbocycles. The molecule has 0 bridgehead atoms. The number of unbranched alkanes of at least 4 members (excludes halogenated alkanes) is 8. The summed E-state index contributed by atoms with van der Waals surface area (Å²) in [7, 11) is -1.58. The van der Waals surface area contributed by atoms with Gasteiger partial charge in [-0.2, -0.15) is 0 Å². The van der Waals surface area contributed by atoms with Gasteiger partial charge < -0.3 is 9.05 Å². The van der Waals surface area contributed by atoms with E-state index in [0.717, 1.165) is 12.8 Å². The van der Waals surface area contributed by atoms with Crippen LogP contribution in [0.2, 0.25) is 0 Å². The number of allylic oxidation sites excluding steroid dienone is 1. The second kappa shape index (κ2) is 12.6. The SMILES string of the molecule is CCCCCCCCCC/C=C/P(=O)(OC)OC(C)C. The predicted octanol–water partition coefficient (Wildman–Crippen LogP) is 6.30. The van der Waals surface area contributed by atoms with Gasteiger partial charge in [0.2, 0.25) is 0 Å². The van der Waals surface area contributed by atoms with Gasteiger partial charge in [-0.1, -0.05) is 57.9 Å². The van der Waals surface area contributed by atoms with E-state index in [1.807, 2.05) is 19.9 Å². The summed E-state index contributed by atoms with van der Waals surface area (Å²) in [6, 6.07) is 0. The fraction of sp³-hybridized carbons (Fsp3) is 0.875. The molecule has 0 spiro atoms. The zero-order valence-corrected chi connectivity index (χ0v) is 14.7. The van der Waals surface area contributed by atoms with Gasteiger partial charge in [0.25, 0.3) is 0 Å². The van der Waals surface area contributed by atoms with Crippen molar-refractivity contribution in [3.05, 3.63) is 11.9 Å². The molecule has 120 valence electrons. The quantitative estimate of drug-likeness (QED) is 0.296. The summed E-state index contributed by atoms with van der Waals surface area (Å²) in [6.07, 6.45) is 13.3. The largest absolute Gasteiger partial charge is 0.353 e. The summed E-state index contributed by atoms with van der Waals surface area (Å²) in [5.74, 6) is 1.61. The van der Waals surface area contributed by atoms with Gasteiger partial charge in [0.05, 0.1) is 6.10 Å². The van der Waals surface area contributed by atoms with Gasteiger partial charge in [-0.05, 0) is 26.7 Å². The molecule has 0 aliphatic rings. The van der Waals surface area contributed by atoms with Gasteiger partial charge in [0.1, 0.15) is 0 Å². The molecule has 0 heterocycles. The van der Waals surface area contributed by atoms with Crippen LogP contribution < -0.4 is 0 Å². The number of rotatable bonds is 13. The van der Waals surface area contributed by atoms with Crippen LogP contribution in [-0.2, 0) is 13.6 Å².